The van der Waals surface area contributed by atoms with E-state index < -0.39 is 0 Å². The molecule has 0 N–H and O–H groups in total. The van der Waals surface area contributed by atoms with Crippen molar-refractivity contribution in [1.82, 2.24) is 4.90 Å². The third kappa shape index (κ3) is 3.03. The highest BCUT2D eigenvalue weighted by molar-refractivity contribution is 5.79. The maximum absolute atomic E-state index is 13.3. The maximum Gasteiger partial charge on any atom is 0.227 e. The van der Waals surface area contributed by atoms with Crippen molar-refractivity contribution in [3.63, 3.8) is 0 Å². The van der Waals surface area contributed by atoms with E-state index in [2.05, 4.69) is 19.1 Å². The minimum absolute atomic E-state index is 0.0800. The van der Waals surface area contributed by atoms with Crippen LogP contribution in [0.5, 0.6) is 0 Å². The van der Waals surface area contributed by atoms with Crippen LogP contribution in [0.25, 0.3) is 0 Å². The molecule has 3 heteroatoms. The summed E-state index contributed by atoms with van der Waals surface area (Å²) in [5.41, 5.74) is 3.19. The van der Waals surface area contributed by atoms with E-state index in [0.29, 0.717) is 0 Å². The molecule has 2 aromatic carbocycles. The van der Waals surface area contributed by atoms with Gasteiger partial charge in [-0.2, -0.15) is 0 Å². The number of aryl methyl sites for hydroxylation is 1. The van der Waals surface area contributed by atoms with Crippen LogP contribution in [0.1, 0.15) is 35.6 Å². The number of hydrogen-bond donors (Lipinski definition) is 0. The molecule has 1 fully saturated rings. The fraction of sp³-hybridized carbons (Fsp3) is 0.316. The zero-order chi connectivity index (χ0) is 15.5. The molecule has 1 heterocycles. The molecular formula is C19H20FNO. The van der Waals surface area contributed by atoms with Crippen LogP contribution in [0.4, 0.5) is 4.39 Å². The van der Waals surface area contributed by atoms with Crippen molar-refractivity contribution in [3.8, 4) is 0 Å². The van der Waals surface area contributed by atoms with Gasteiger partial charge in [0.15, 0.2) is 0 Å². The average Bonchev–Trinajstić information content (AvgIpc) is 2.97. The van der Waals surface area contributed by atoms with Crippen molar-refractivity contribution in [2.75, 3.05) is 6.54 Å². The van der Waals surface area contributed by atoms with Gasteiger partial charge in [0.25, 0.3) is 0 Å². The fourth-order valence-corrected chi connectivity index (χ4v) is 3.27. The molecule has 0 radical (unpaired) electrons. The van der Waals surface area contributed by atoms with Crippen LogP contribution in [0, 0.1) is 12.7 Å². The van der Waals surface area contributed by atoms with Gasteiger partial charge >= 0.3 is 0 Å². The summed E-state index contributed by atoms with van der Waals surface area (Å²) in [4.78, 5) is 14.6. The lowest BCUT2D eigenvalue weighted by atomic mass is 9.99. The summed E-state index contributed by atoms with van der Waals surface area (Å²) in [6.07, 6.45) is 2.29. The molecule has 1 saturated heterocycles. The summed E-state index contributed by atoms with van der Waals surface area (Å²) in [6.45, 7) is 2.87. The van der Waals surface area contributed by atoms with E-state index in [4.69, 9.17) is 0 Å². The lowest BCUT2D eigenvalue weighted by Gasteiger charge is -2.26. The summed E-state index contributed by atoms with van der Waals surface area (Å²) < 4.78 is 13.3. The zero-order valence-corrected chi connectivity index (χ0v) is 12.8. The molecule has 1 amide bonds. The highest BCUT2D eigenvalue weighted by Gasteiger charge is 2.30. The van der Waals surface area contributed by atoms with Gasteiger partial charge in [-0.05, 0) is 48.6 Å². The van der Waals surface area contributed by atoms with Gasteiger partial charge in [-0.15, -0.1) is 0 Å². The number of likely N-dealkylation sites (tertiary alicyclic amines) is 1. The molecule has 1 aliphatic rings. The highest BCUT2D eigenvalue weighted by atomic mass is 19.1. The Labute approximate surface area is 130 Å². The van der Waals surface area contributed by atoms with Crippen molar-refractivity contribution < 1.29 is 9.18 Å². The van der Waals surface area contributed by atoms with Crippen molar-refractivity contribution in [1.29, 1.82) is 0 Å². The molecule has 0 saturated carbocycles. The number of nitrogens with zero attached hydrogens (tertiary/aromatic N) is 1. The predicted molar refractivity (Wildman–Crippen MR) is 85.0 cm³/mol. The Kier molecular flexibility index (Phi) is 4.23. The van der Waals surface area contributed by atoms with Gasteiger partial charge in [-0.25, -0.2) is 4.39 Å². The maximum atomic E-state index is 13.3. The first-order valence-corrected chi connectivity index (χ1v) is 7.74. The first kappa shape index (κ1) is 14.8. The average molecular weight is 297 g/mol. The van der Waals surface area contributed by atoms with E-state index in [1.54, 1.807) is 12.1 Å². The van der Waals surface area contributed by atoms with Gasteiger partial charge in [0, 0.05) is 6.54 Å². The third-order valence-corrected chi connectivity index (χ3v) is 4.36. The SMILES string of the molecule is Cc1ccccc1[C@H]1CCCN1C(=O)Cc1cccc(F)c1. The summed E-state index contributed by atoms with van der Waals surface area (Å²) in [5.74, 6) is -0.210. The molecule has 22 heavy (non-hydrogen) atoms. The Morgan fingerprint density at radius 2 is 2.05 bits per heavy atom. The summed E-state index contributed by atoms with van der Waals surface area (Å²) in [6, 6.07) is 14.7. The van der Waals surface area contributed by atoms with Gasteiger partial charge in [0.1, 0.15) is 5.82 Å². The number of hydrogen-bond acceptors (Lipinski definition) is 1. The van der Waals surface area contributed by atoms with Crippen LogP contribution in [-0.2, 0) is 11.2 Å². The van der Waals surface area contributed by atoms with E-state index in [9.17, 15) is 9.18 Å². The predicted octanol–water partition coefficient (Wildman–Crippen LogP) is 4.04. The second kappa shape index (κ2) is 6.30. The number of amides is 1. The monoisotopic (exact) mass is 297 g/mol. The van der Waals surface area contributed by atoms with Crippen LogP contribution in [-0.4, -0.2) is 17.4 Å². The van der Waals surface area contributed by atoms with Gasteiger partial charge in [0.05, 0.1) is 12.5 Å². The quantitative estimate of drug-likeness (QED) is 0.837. The number of rotatable bonds is 3. The van der Waals surface area contributed by atoms with Crippen LogP contribution in [0.2, 0.25) is 0 Å². The first-order valence-electron chi connectivity index (χ1n) is 7.74. The number of halogens is 1. The third-order valence-electron chi connectivity index (χ3n) is 4.36. The Hall–Kier alpha value is -2.16. The Morgan fingerprint density at radius 1 is 1.23 bits per heavy atom. The molecule has 0 bridgehead atoms. The van der Waals surface area contributed by atoms with Crippen molar-refractivity contribution in [3.05, 3.63) is 71.0 Å². The molecule has 0 aliphatic carbocycles. The minimum Gasteiger partial charge on any atom is -0.335 e. The largest absolute Gasteiger partial charge is 0.335 e. The normalized spacial score (nSPS) is 17.7. The van der Waals surface area contributed by atoms with E-state index in [1.165, 1.54) is 23.3 Å². The van der Waals surface area contributed by atoms with Gasteiger partial charge < -0.3 is 4.90 Å². The standard InChI is InChI=1S/C19H20FNO/c1-14-6-2-3-9-17(14)18-10-5-11-21(18)19(22)13-15-7-4-8-16(20)12-15/h2-4,6-9,12,18H,5,10-11,13H2,1H3/t18-/m1/s1. The Morgan fingerprint density at radius 3 is 2.82 bits per heavy atom. The zero-order valence-electron chi connectivity index (χ0n) is 12.8. The summed E-state index contributed by atoms with van der Waals surface area (Å²) in [5, 5.41) is 0. The second-order valence-electron chi connectivity index (χ2n) is 5.91. The van der Waals surface area contributed by atoms with Gasteiger partial charge in [-0.3, -0.25) is 4.79 Å². The number of benzene rings is 2. The molecule has 3 rings (SSSR count). The topological polar surface area (TPSA) is 20.3 Å². The second-order valence-corrected chi connectivity index (χ2v) is 5.91. The molecule has 1 atom stereocenters. The Bertz CT molecular complexity index is 683. The van der Waals surface area contributed by atoms with Gasteiger partial charge in [0.2, 0.25) is 5.91 Å². The molecule has 1 aliphatic heterocycles. The van der Waals surface area contributed by atoms with Crippen LogP contribution in [0.3, 0.4) is 0 Å². The Balaban J connectivity index is 1.78. The van der Waals surface area contributed by atoms with E-state index in [1.807, 2.05) is 17.0 Å². The number of carbonyl (C=O) groups is 1. The van der Waals surface area contributed by atoms with E-state index in [-0.39, 0.29) is 24.2 Å². The minimum atomic E-state index is -0.290. The molecule has 114 valence electrons. The van der Waals surface area contributed by atoms with Crippen molar-refractivity contribution >= 4 is 5.91 Å². The molecule has 2 aromatic rings. The highest BCUT2D eigenvalue weighted by Crippen LogP contribution is 2.34. The molecule has 2 nitrogen and oxygen atoms in total. The van der Waals surface area contributed by atoms with Crippen LogP contribution >= 0.6 is 0 Å². The number of carbonyl (C=O) groups excluding carboxylic acids is 1. The molecule has 0 aromatic heterocycles. The smallest absolute Gasteiger partial charge is 0.227 e. The van der Waals surface area contributed by atoms with Crippen molar-refractivity contribution in [2.45, 2.75) is 32.2 Å². The first-order chi connectivity index (χ1) is 10.6. The molecule has 0 spiro atoms. The lowest BCUT2D eigenvalue weighted by molar-refractivity contribution is -0.131. The van der Waals surface area contributed by atoms with E-state index in [0.717, 1.165) is 24.9 Å². The lowest BCUT2D eigenvalue weighted by Crippen LogP contribution is -2.32. The van der Waals surface area contributed by atoms with Crippen LogP contribution < -0.4 is 0 Å². The van der Waals surface area contributed by atoms with Gasteiger partial charge in [-0.1, -0.05) is 36.4 Å². The molecule has 0 unspecified atom stereocenters. The van der Waals surface area contributed by atoms with Crippen LogP contribution in [0.15, 0.2) is 48.5 Å². The summed E-state index contributed by atoms with van der Waals surface area (Å²) >= 11 is 0. The molecular weight excluding hydrogens is 277 g/mol. The van der Waals surface area contributed by atoms with Crippen molar-refractivity contribution in [2.24, 2.45) is 0 Å². The fourth-order valence-electron chi connectivity index (χ4n) is 3.27. The summed E-state index contributed by atoms with van der Waals surface area (Å²) in [7, 11) is 0. The van der Waals surface area contributed by atoms with E-state index >= 15 is 0 Å².